The molecule has 0 saturated carbocycles. The zero-order chi connectivity index (χ0) is 19.9. The van der Waals surface area contributed by atoms with Crippen LogP contribution in [0.25, 0.3) is 0 Å². The Morgan fingerprint density at radius 2 is 1.79 bits per heavy atom. The lowest BCUT2D eigenvalue weighted by atomic mass is 10.1. The Balaban J connectivity index is 1.75. The average molecular weight is 395 g/mol. The molecule has 0 spiro atoms. The summed E-state index contributed by atoms with van der Waals surface area (Å²) in [5, 5.41) is 7.06. The monoisotopic (exact) mass is 394 g/mol. The Labute approximate surface area is 170 Å². The van der Waals surface area contributed by atoms with Crippen LogP contribution in [0.2, 0.25) is 5.02 Å². The van der Waals surface area contributed by atoms with E-state index in [9.17, 15) is 4.79 Å². The molecule has 4 nitrogen and oxygen atoms in total. The molecule has 0 aromatic heterocycles. The van der Waals surface area contributed by atoms with Crippen molar-refractivity contribution >= 4 is 28.9 Å². The fourth-order valence-electron chi connectivity index (χ4n) is 2.76. The second-order valence-corrected chi connectivity index (χ2v) is 6.88. The largest absolute Gasteiger partial charge is 0.455 e. The van der Waals surface area contributed by atoms with E-state index in [-0.39, 0.29) is 11.9 Å². The van der Waals surface area contributed by atoms with Gasteiger partial charge in [-0.15, -0.1) is 0 Å². The van der Waals surface area contributed by atoms with Gasteiger partial charge in [-0.05, 0) is 61.0 Å². The molecule has 28 heavy (non-hydrogen) atoms. The summed E-state index contributed by atoms with van der Waals surface area (Å²) in [5.41, 5.74) is 2.74. The summed E-state index contributed by atoms with van der Waals surface area (Å²) in [6, 6.07) is 22.9. The highest BCUT2D eigenvalue weighted by atomic mass is 35.5. The molecule has 3 aromatic carbocycles. The maximum atomic E-state index is 11.6. The summed E-state index contributed by atoms with van der Waals surface area (Å²) in [6.45, 7) is 3.90. The van der Waals surface area contributed by atoms with Crippen molar-refractivity contribution in [2.24, 2.45) is 0 Å². The summed E-state index contributed by atoms with van der Waals surface area (Å²) >= 11 is 5.94. The van der Waals surface area contributed by atoms with Gasteiger partial charge < -0.3 is 15.4 Å². The molecule has 0 fully saturated rings. The van der Waals surface area contributed by atoms with Gasteiger partial charge in [0.2, 0.25) is 5.91 Å². The van der Waals surface area contributed by atoms with Crippen LogP contribution in [0.4, 0.5) is 11.4 Å². The molecule has 3 rings (SSSR count). The zero-order valence-electron chi connectivity index (χ0n) is 15.9. The van der Waals surface area contributed by atoms with Crippen LogP contribution in [0.15, 0.2) is 72.8 Å². The first-order valence-electron chi connectivity index (χ1n) is 9.24. The van der Waals surface area contributed by atoms with Crippen LogP contribution in [-0.4, -0.2) is 5.91 Å². The predicted octanol–water partition coefficient (Wildman–Crippen LogP) is 6.65. The van der Waals surface area contributed by atoms with Gasteiger partial charge in [0.1, 0.15) is 5.75 Å². The standard InChI is InChI=1S/C23H23ClN2O2/c1-3-23(27)26-19-8-6-7-17(15-19)16(2)25-21-9-4-5-10-22(21)28-20-13-11-18(24)12-14-20/h4-16,25H,3H2,1-2H3,(H,26,27). The van der Waals surface area contributed by atoms with Crippen LogP contribution in [0.3, 0.4) is 0 Å². The number of rotatable bonds is 7. The molecule has 1 unspecified atom stereocenters. The number of halogens is 1. The van der Waals surface area contributed by atoms with Gasteiger partial charge in [0.15, 0.2) is 5.75 Å². The van der Waals surface area contributed by atoms with Gasteiger partial charge in [-0.2, -0.15) is 0 Å². The smallest absolute Gasteiger partial charge is 0.224 e. The third kappa shape index (κ3) is 5.27. The molecule has 0 aliphatic carbocycles. The number of hydrogen-bond acceptors (Lipinski definition) is 3. The second-order valence-electron chi connectivity index (χ2n) is 6.45. The maximum Gasteiger partial charge on any atom is 0.224 e. The Kier molecular flexibility index (Phi) is 6.56. The molecule has 5 heteroatoms. The van der Waals surface area contributed by atoms with E-state index in [1.165, 1.54) is 0 Å². The highest BCUT2D eigenvalue weighted by Crippen LogP contribution is 2.32. The van der Waals surface area contributed by atoms with Crippen LogP contribution in [0, 0.1) is 0 Å². The Morgan fingerprint density at radius 1 is 1.04 bits per heavy atom. The number of carbonyl (C=O) groups is 1. The lowest BCUT2D eigenvalue weighted by Gasteiger charge is -2.19. The first kappa shape index (κ1) is 19.8. The zero-order valence-corrected chi connectivity index (χ0v) is 16.7. The van der Waals surface area contributed by atoms with Gasteiger partial charge >= 0.3 is 0 Å². The average Bonchev–Trinajstić information content (AvgIpc) is 2.71. The van der Waals surface area contributed by atoms with Gasteiger partial charge in [0, 0.05) is 23.2 Å². The molecule has 0 saturated heterocycles. The molecule has 0 bridgehead atoms. The van der Waals surface area contributed by atoms with Crippen molar-refractivity contribution in [3.05, 3.63) is 83.4 Å². The molecule has 1 atom stereocenters. The van der Waals surface area contributed by atoms with Gasteiger partial charge in [-0.1, -0.05) is 42.8 Å². The van der Waals surface area contributed by atoms with Crippen LogP contribution >= 0.6 is 11.6 Å². The van der Waals surface area contributed by atoms with Gasteiger partial charge in [-0.25, -0.2) is 0 Å². The number of amides is 1. The van der Waals surface area contributed by atoms with Gasteiger partial charge in [-0.3, -0.25) is 4.79 Å². The maximum absolute atomic E-state index is 11.6. The van der Waals surface area contributed by atoms with Gasteiger partial charge in [0.05, 0.1) is 5.69 Å². The molecule has 0 radical (unpaired) electrons. The highest BCUT2D eigenvalue weighted by molar-refractivity contribution is 6.30. The number of ether oxygens (including phenoxy) is 1. The summed E-state index contributed by atoms with van der Waals surface area (Å²) in [7, 11) is 0. The number of para-hydroxylation sites is 2. The number of nitrogens with one attached hydrogen (secondary N) is 2. The Morgan fingerprint density at radius 3 is 2.54 bits per heavy atom. The quantitative estimate of drug-likeness (QED) is 0.471. The number of carbonyl (C=O) groups excluding carboxylic acids is 1. The topological polar surface area (TPSA) is 50.4 Å². The molecule has 0 aliphatic heterocycles. The van der Waals surface area contributed by atoms with E-state index in [2.05, 4.69) is 17.6 Å². The van der Waals surface area contributed by atoms with Crippen molar-refractivity contribution in [3.63, 3.8) is 0 Å². The van der Waals surface area contributed by atoms with Crippen molar-refractivity contribution < 1.29 is 9.53 Å². The first-order chi connectivity index (χ1) is 13.5. The molecule has 3 aromatic rings. The third-order valence-electron chi connectivity index (χ3n) is 4.29. The van der Waals surface area contributed by atoms with E-state index >= 15 is 0 Å². The minimum absolute atomic E-state index is 0.000489. The minimum Gasteiger partial charge on any atom is -0.455 e. The normalized spacial score (nSPS) is 11.5. The van der Waals surface area contributed by atoms with Crippen molar-refractivity contribution in [1.82, 2.24) is 0 Å². The molecule has 1 amide bonds. The van der Waals surface area contributed by atoms with E-state index < -0.39 is 0 Å². The third-order valence-corrected chi connectivity index (χ3v) is 4.54. The molecular formula is C23H23ClN2O2. The van der Waals surface area contributed by atoms with E-state index in [1.807, 2.05) is 67.6 Å². The molecule has 0 aliphatic rings. The van der Waals surface area contributed by atoms with Gasteiger partial charge in [0.25, 0.3) is 0 Å². The van der Waals surface area contributed by atoms with E-state index in [0.717, 1.165) is 28.4 Å². The van der Waals surface area contributed by atoms with E-state index in [0.29, 0.717) is 11.4 Å². The van der Waals surface area contributed by atoms with Crippen LogP contribution < -0.4 is 15.4 Å². The summed E-state index contributed by atoms with van der Waals surface area (Å²) in [5.74, 6) is 1.45. The van der Waals surface area contributed by atoms with Crippen molar-refractivity contribution in [2.75, 3.05) is 10.6 Å². The molecule has 144 valence electrons. The van der Waals surface area contributed by atoms with Crippen LogP contribution in [-0.2, 0) is 4.79 Å². The fraction of sp³-hybridized carbons (Fsp3) is 0.174. The van der Waals surface area contributed by atoms with Crippen molar-refractivity contribution in [3.8, 4) is 11.5 Å². The molecule has 0 heterocycles. The SMILES string of the molecule is CCC(=O)Nc1cccc(C(C)Nc2ccccc2Oc2ccc(Cl)cc2)c1. The Hall–Kier alpha value is -2.98. The fourth-order valence-corrected chi connectivity index (χ4v) is 2.88. The number of benzene rings is 3. The van der Waals surface area contributed by atoms with Crippen LogP contribution in [0.5, 0.6) is 11.5 Å². The first-order valence-corrected chi connectivity index (χ1v) is 9.61. The Bertz CT molecular complexity index is 941. The molecule has 2 N–H and O–H groups in total. The summed E-state index contributed by atoms with van der Waals surface area (Å²) in [4.78, 5) is 11.6. The second kappa shape index (κ2) is 9.29. The van der Waals surface area contributed by atoms with Crippen molar-refractivity contribution in [1.29, 1.82) is 0 Å². The highest BCUT2D eigenvalue weighted by Gasteiger charge is 2.11. The van der Waals surface area contributed by atoms with Crippen molar-refractivity contribution in [2.45, 2.75) is 26.3 Å². The number of anilines is 2. The predicted molar refractivity (Wildman–Crippen MR) is 115 cm³/mol. The molecular weight excluding hydrogens is 372 g/mol. The van der Waals surface area contributed by atoms with E-state index in [1.54, 1.807) is 12.1 Å². The summed E-state index contributed by atoms with van der Waals surface area (Å²) in [6.07, 6.45) is 0.452. The summed E-state index contributed by atoms with van der Waals surface area (Å²) < 4.78 is 6.01. The number of hydrogen-bond donors (Lipinski definition) is 2. The van der Waals surface area contributed by atoms with Crippen LogP contribution in [0.1, 0.15) is 31.9 Å². The lowest BCUT2D eigenvalue weighted by molar-refractivity contribution is -0.115. The van der Waals surface area contributed by atoms with E-state index in [4.69, 9.17) is 16.3 Å². The minimum atomic E-state index is -0.000489. The lowest BCUT2D eigenvalue weighted by Crippen LogP contribution is -2.11.